The number of benzene rings is 1. The molecule has 0 spiro atoms. The first kappa shape index (κ1) is 16.0. The van der Waals surface area contributed by atoms with E-state index < -0.39 is 11.3 Å². The third kappa shape index (κ3) is 6.09. The van der Waals surface area contributed by atoms with Crippen LogP contribution in [0.2, 0.25) is 0 Å². The molecule has 0 aliphatic heterocycles. The lowest BCUT2D eigenvalue weighted by molar-refractivity contribution is 0.539. The highest BCUT2D eigenvalue weighted by atomic mass is 35.5. The van der Waals surface area contributed by atoms with E-state index in [4.69, 9.17) is 16.0 Å². The Balaban J connectivity index is 0.000000258. The van der Waals surface area contributed by atoms with E-state index in [0.717, 1.165) is 11.3 Å². The van der Waals surface area contributed by atoms with E-state index in [1.165, 1.54) is 19.3 Å². The van der Waals surface area contributed by atoms with Crippen molar-refractivity contribution in [2.75, 3.05) is 10.6 Å². The van der Waals surface area contributed by atoms with Crippen molar-refractivity contribution < 1.29 is 13.2 Å². The molecule has 0 saturated carbocycles. The van der Waals surface area contributed by atoms with Crippen molar-refractivity contribution in [2.45, 2.75) is 26.2 Å². The van der Waals surface area contributed by atoms with Crippen LogP contribution in [0.15, 0.2) is 34.7 Å². The number of fused-ring (bicyclic) bond motifs is 1. The van der Waals surface area contributed by atoms with Crippen LogP contribution in [0.5, 0.6) is 0 Å². The van der Waals surface area contributed by atoms with Gasteiger partial charge in [-0.3, -0.25) is 8.93 Å². The van der Waals surface area contributed by atoms with Gasteiger partial charge in [0, 0.05) is 28.6 Å². The lowest BCUT2D eigenvalue weighted by Gasteiger charge is -2.02. The lowest BCUT2D eigenvalue weighted by Crippen LogP contribution is -2.00. The number of unbranched alkanes of at least 4 members (excludes halogenated alkanes) is 2. The van der Waals surface area contributed by atoms with Crippen molar-refractivity contribution in [2.24, 2.45) is 0 Å². The summed E-state index contributed by atoms with van der Waals surface area (Å²) in [5.74, 6) is 1.06. The molecule has 4 nitrogen and oxygen atoms in total. The highest BCUT2D eigenvalue weighted by Crippen LogP contribution is 2.22. The summed E-state index contributed by atoms with van der Waals surface area (Å²) < 4.78 is 27.9. The van der Waals surface area contributed by atoms with Crippen LogP contribution in [0.3, 0.4) is 0 Å². The van der Waals surface area contributed by atoms with Crippen LogP contribution in [0.1, 0.15) is 26.2 Å². The molecule has 1 N–H and O–H groups in total. The monoisotopic (exact) mass is 302 g/mol. The maximum Gasteiger partial charge on any atom is 0.205 e. The minimum absolute atomic E-state index is 0.231. The number of furan rings is 1. The molecule has 0 amide bonds. The molecule has 1 aromatic heterocycles. The summed E-state index contributed by atoms with van der Waals surface area (Å²) in [6.07, 6.45) is 3.73. The smallest absolute Gasteiger partial charge is 0.205 e. The van der Waals surface area contributed by atoms with Crippen LogP contribution < -0.4 is 4.72 Å². The van der Waals surface area contributed by atoms with Crippen LogP contribution in [0, 0.1) is 0 Å². The summed E-state index contributed by atoms with van der Waals surface area (Å²) in [6.45, 7) is 2.17. The molecular formula is C13H17ClNO3S-. The Kier molecular flexibility index (Phi) is 7.55. The molecule has 2 rings (SSSR count). The molecule has 1 atom stereocenters. The molecule has 0 aliphatic rings. The average molecular weight is 303 g/mol. The number of halogens is 1. The maximum absolute atomic E-state index is 10.3. The summed E-state index contributed by atoms with van der Waals surface area (Å²) in [5.41, 5.74) is 0.662. The van der Waals surface area contributed by atoms with E-state index in [2.05, 4.69) is 11.6 Å². The lowest BCUT2D eigenvalue weighted by atomic mass is 10.3. The van der Waals surface area contributed by atoms with E-state index in [1.54, 1.807) is 12.1 Å². The number of alkyl halides is 1. The first-order valence-electron chi connectivity index (χ1n) is 6.07. The molecule has 0 fully saturated rings. The van der Waals surface area contributed by atoms with Crippen LogP contribution >= 0.6 is 11.6 Å². The summed E-state index contributed by atoms with van der Waals surface area (Å²) in [6, 6.07) is 8.93. The fraction of sp³-hybridized carbons (Fsp3) is 0.385. The summed E-state index contributed by atoms with van der Waals surface area (Å²) in [7, 11) is 0. The second-order valence-corrected chi connectivity index (χ2v) is 4.93. The van der Waals surface area contributed by atoms with E-state index in [0.29, 0.717) is 5.58 Å². The fourth-order valence-corrected chi connectivity index (χ4v) is 1.91. The quantitative estimate of drug-likeness (QED) is 0.514. The fourth-order valence-electron chi connectivity index (χ4n) is 1.46. The molecule has 6 heteroatoms. The van der Waals surface area contributed by atoms with Gasteiger partial charge in [0.2, 0.25) is 5.88 Å². The summed E-state index contributed by atoms with van der Waals surface area (Å²) in [5, 5.41) is 0.871. The number of para-hydroxylation sites is 1. The molecule has 106 valence electrons. The van der Waals surface area contributed by atoms with Crippen molar-refractivity contribution >= 4 is 39.7 Å². The number of rotatable bonds is 5. The van der Waals surface area contributed by atoms with E-state index in [-0.39, 0.29) is 5.88 Å². The van der Waals surface area contributed by atoms with Crippen LogP contribution in [0.4, 0.5) is 5.88 Å². The Bertz CT molecular complexity index is 478. The number of hydrogen-bond acceptors (Lipinski definition) is 3. The zero-order valence-electron chi connectivity index (χ0n) is 10.7. The second-order valence-electron chi connectivity index (χ2n) is 3.88. The van der Waals surface area contributed by atoms with Crippen molar-refractivity contribution in [3.8, 4) is 0 Å². The Morgan fingerprint density at radius 3 is 2.63 bits per heavy atom. The standard InChI is InChI=1S/C8H7NO3S.C5H11Cl/c10-13(11)9-8-5-6-3-1-2-4-7(6)12-8;1-2-3-4-5-6/h1-5,9H,(H,10,11);2-5H2,1H3/p-1. The van der Waals surface area contributed by atoms with Crippen molar-refractivity contribution in [3.63, 3.8) is 0 Å². The molecule has 0 saturated heterocycles. The zero-order chi connectivity index (χ0) is 14.1. The molecule has 0 aliphatic carbocycles. The van der Waals surface area contributed by atoms with Gasteiger partial charge in [0.25, 0.3) is 0 Å². The normalized spacial score (nSPS) is 11.7. The molecule has 1 unspecified atom stereocenters. The Labute approximate surface area is 120 Å². The predicted octanol–water partition coefficient (Wildman–Crippen LogP) is 4.05. The van der Waals surface area contributed by atoms with Gasteiger partial charge >= 0.3 is 0 Å². The van der Waals surface area contributed by atoms with Gasteiger partial charge in [-0.2, -0.15) is 0 Å². The SMILES string of the molecule is CCCCCCl.O=S([O-])Nc1cc2ccccc2o1. The number of nitrogens with one attached hydrogen (secondary N) is 1. The molecule has 0 bridgehead atoms. The molecule has 1 aromatic carbocycles. The van der Waals surface area contributed by atoms with Gasteiger partial charge in [0.15, 0.2) is 0 Å². The minimum atomic E-state index is -2.34. The molecule has 0 radical (unpaired) electrons. The molecule has 2 aromatic rings. The third-order valence-electron chi connectivity index (χ3n) is 2.35. The summed E-state index contributed by atoms with van der Waals surface area (Å²) >= 11 is 3.04. The highest BCUT2D eigenvalue weighted by Gasteiger charge is 2.00. The van der Waals surface area contributed by atoms with Gasteiger partial charge in [-0.15, -0.1) is 11.6 Å². The van der Waals surface area contributed by atoms with Crippen molar-refractivity contribution in [3.05, 3.63) is 30.3 Å². The van der Waals surface area contributed by atoms with Crippen molar-refractivity contribution in [1.82, 2.24) is 0 Å². The average Bonchev–Trinajstić information content (AvgIpc) is 2.78. The van der Waals surface area contributed by atoms with E-state index in [1.807, 2.05) is 18.2 Å². The number of anilines is 1. The Morgan fingerprint density at radius 2 is 2.11 bits per heavy atom. The van der Waals surface area contributed by atoms with Crippen LogP contribution in [0.25, 0.3) is 11.0 Å². The predicted molar refractivity (Wildman–Crippen MR) is 79.0 cm³/mol. The first-order valence-corrected chi connectivity index (χ1v) is 7.68. The zero-order valence-corrected chi connectivity index (χ0v) is 12.3. The molecule has 19 heavy (non-hydrogen) atoms. The Hall–Kier alpha value is -1.04. The highest BCUT2D eigenvalue weighted by molar-refractivity contribution is 7.80. The minimum Gasteiger partial charge on any atom is -0.755 e. The van der Waals surface area contributed by atoms with Crippen LogP contribution in [-0.4, -0.2) is 14.6 Å². The maximum atomic E-state index is 10.3. The second kappa shape index (κ2) is 8.96. The third-order valence-corrected chi connectivity index (χ3v) is 2.98. The Morgan fingerprint density at radius 1 is 1.37 bits per heavy atom. The summed E-state index contributed by atoms with van der Waals surface area (Å²) in [4.78, 5) is 0. The van der Waals surface area contributed by atoms with E-state index in [9.17, 15) is 8.76 Å². The van der Waals surface area contributed by atoms with Gasteiger partial charge in [-0.05, 0) is 12.5 Å². The van der Waals surface area contributed by atoms with Crippen molar-refractivity contribution in [1.29, 1.82) is 0 Å². The molecular weight excluding hydrogens is 286 g/mol. The topological polar surface area (TPSA) is 65.3 Å². The number of hydrogen-bond donors (Lipinski definition) is 1. The first-order chi connectivity index (χ1) is 9.17. The van der Waals surface area contributed by atoms with Gasteiger partial charge in [-0.1, -0.05) is 38.0 Å². The van der Waals surface area contributed by atoms with Gasteiger partial charge < -0.3 is 8.97 Å². The molecule has 1 heterocycles. The van der Waals surface area contributed by atoms with Gasteiger partial charge in [0.1, 0.15) is 5.58 Å². The van der Waals surface area contributed by atoms with Gasteiger partial charge in [-0.25, -0.2) is 0 Å². The largest absolute Gasteiger partial charge is 0.755 e. The van der Waals surface area contributed by atoms with Crippen LogP contribution in [-0.2, 0) is 11.3 Å². The van der Waals surface area contributed by atoms with E-state index >= 15 is 0 Å². The van der Waals surface area contributed by atoms with Gasteiger partial charge in [0.05, 0.1) is 0 Å².